The number of nitrogens with one attached hydrogen (secondary N) is 2. The summed E-state index contributed by atoms with van der Waals surface area (Å²) in [6.45, 7) is 0. The number of aromatic amines is 1. The average molecular weight is 571 g/mol. The van der Waals surface area contributed by atoms with E-state index in [1.807, 2.05) is 0 Å². The third-order valence-electron chi connectivity index (χ3n) is 2.85. The van der Waals surface area contributed by atoms with Crippen LogP contribution in [-0.2, 0) is 15.2 Å². The highest BCUT2D eigenvalue weighted by Gasteiger charge is 2.10. The van der Waals surface area contributed by atoms with Gasteiger partial charge < -0.3 is 14.5 Å². The Kier molecular flexibility index (Phi) is 7.24. The van der Waals surface area contributed by atoms with Gasteiger partial charge in [-0.2, -0.15) is 8.42 Å². The first kappa shape index (κ1) is 20.9. The fraction of sp³-hybridized carbons (Fsp3) is 0. The van der Waals surface area contributed by atoms with E-state index in [2.05, 4.69) is 62.3 Å². The predicted molar refractivity (Wildman–Crippen MR) is 109 cm³/mol. The van der Waals surface area contributed by atoms with E-state index in [0.717, 1.165) is 14.6 Å². The molecule has 2 aromatic rings. The van der Waals surface area contributed by atoms with Crippen molar-refractivity contribution >= 4 is 76.2 Å². The zero-order valence-electron chi connectivity index (χ0n) is 12.7. The molecule has 138 valence electrons. The Morgan fingerprint density at radius 1 is 1.19 bits per heavy atom. The van der Waals surface area contributed by atoms with E-state index in [1.54, 1.807) is 30.5 Å². The lowest BCUT2D eigenvalue weighted by molar-refractivity contribution is -0.115. The zero-order chi connectivity index (χ0) is 19.3. The maximum absolute atomic E-state index is 11.8. The molecule has 11 heteroatoms. The van der Waals surface area contributed by atoms with Crippen molar-refractivity contribution in [3.63, 3.8) is 0 Å². The molecular weight excluding hydrogens is 560 g/mol. The van der Waals surface area contributed by atoms with Gasteiger partial charge in [-0.25, -0.2) is 0 Å². The van der Waals surface area contributed by atoms with Crippen molar-refractivity contribution in [2.45, 2.75) is 0 Å². The van der Waals surface area contributed by atoms with Gasteiger partial charge in [-0.05, 0) is 77.6 Å². The fourth-order valence-corrected chi connectivity index (χ4v) is 3.39. The molecule has 0 bridgehead atoms. The fourth-order valence-electron chi connectivity index (χ4n) is 1.75. The maximum Gasteiger partial charge on any atom is 0.446 e. The van der Waals surface area contributed by atoms with E-state index in [0.29, 0.717) is 10.0 Å². The molecule has 7 nitrogen and oxygen atoms in total. The van der Waals surface area contributed by atoms with Crippen molar-refractivity contribution in [3.05, 3.63) is 61.3 Å². The van der Waals surface area contributed by atoms with Crippen LogP contribution < -0.4 is 9.50 Å². The third-order valence-corrected chi connectivity index (χ3v) is 5.88. The number of H-pyrrole nitrogens is 1. The number of carbonyl (C=O) groups is 1. The van der Waals surface area contributed by atoms with Gasteiger partial charge >= 0.3 is 10.4 Å². The molecule has 0 aliphatic heterocycles. The number of halogens is 3. The highest BCUT2D eigenvalue weighted by atomic mass is 79.9. The highest BCUT2D eigenvalue weighted by Crippen LogP contribution is 2.28. The Bertz CT molecular complexity index is 983. The second-order valence-electron chi connectivity index (χ2n) is 4.74. The quantitative estimate of drug-likeness (QED) is 0.355. The van der Waals surface area contributed by atoms with E-state index in [-0.39, 0.29) is 11.7 Å². The van der Waals surface area contributed by atoms with E-state index in [9.17, 15) is 13.2 Å². The van der Waals surface area contributed by atoms with Gasteiger partial charge in [-0.1, -0.05) is 6.07 Å². The van der Waals surface area contributed by atoms with Crippen LogP contribution in [0.1, 0.15) is 11.3 Å². The molecule has 0 fully saturated rings. The predicted octanol–water partition coefficient (Wildman–Crippen LogP) is 4.28. The summed E-state index contributed by atoms with van der Waals surface area (Å²) in [6.07, 6.45) is 7.78. The second kappa shape index (κ2) is 9.00. The van der Waals surface area contributed by atoms with Gasteiger partial charge in [-0.15, -0.1) is 0 Å². The first-order valence-corrected chi connectivity index (χ1v) is 10.5. The van der Waals surface area contributed by atoms with Crippen LogP contribution in [0.3, 0.4) is 0 Å². The van der Waals surface area contributed by atoms with Crippen molar-refractivity contribution in [1.29, 1.82) is 0 Å². The van der Waals surface area contributed by atoms with Crippen molar-refractivity contribution < 1.29 is 21.9 Å². The first-order chi connectivity index (χ1) is 12.2. The third kappa shape index (κ3) is 6.40. The smallest absolute Gasteiger partial charge is 0.361 e. The zero-order valence-corrected chi connectivity index (χ0v) is 18.3. The molecule has 0 aliphatic carbocycles. The van der Waals surface area contributed by atoms with Crippen molar-refractivity contribution in [2.24, 2.45) is 0 Å². The lowest BCUT2D eigenvalue weighted by Crippen LogP contribution is -2.13. The molecule has 0 radical (unpaired) electrons. The van der Waals surface area contributed by atoms with Crippen LogP contribution in [-0.4, -0.2) is 23.9 Å². The number of rotatable bonds is 6. The summed E-state index contributed by atoms with van der Waals surface area (Å²) in [5.41, 5.74) is 1.41. The van der Waals surface area contributed by atoms with E-state index >= 15 is 0 Å². The molecule has 0 atom stereocenters. The lowest BCUT2D eigenvalue weighted by atomic mass is 10.2. The van der Waals surface area contributed by atoms with Crippen LogP contribution in [0.15, 0.2) is 50.1 Å². The summed E-state index contributed by atoms with van der Waals surface area (Å²) in [5, 5.41) is 2.57. The first-order valence-electron chi connectivity index (χ1n) is 6.79. The van der Waals surface area contributed by atoms with Gasteiger partial charge in [0.2, 0.25) is 5.91 Å². The Balaban J connectivity index is 1.96. The van der Waals surface area contributed by atoms with Gasteiger partial charge in [0, 0.05) is 22.9 Å². The Labute approximate surface area is 174 Å². The van der Waals surface area contributed by atoms with Gasteiger partial charge in [0.15, 0.2) is 5.75 Å². The molecule has 0 saturated carbocycles. The summed E-state index contributed by atoms with van der Waals surface area (Å²) < 4.78 is 36.5. The van der Waals surface area contributed by atoms with Crippen LogP contribution in [0.5, 0.6) is 5.75 Å². The molecule has 3 N–H and O–H groups in total. The molecule has 1 heterocycles. The molecule has 0 aliphatic rings. The van der Waals surface area contributed by atoms with Crippen molar-refractivity contribution in [2.75, 3.05) is 0 Å². The molecule has 1 amide bonds. The van der Waals surface area contributed by atoms with Gasteiger partial charge in [-0.3, -0.25) is 9.35 Å². The van der Waals surface area contributed by atoms with Crippen LogP contribution in [0.2, 0.25) is 0 Å². The van der Waals surface area contributed by atoms with Crippen molar-refractivity contribution in [1.82, 2.24) is 10.3 Å². The topological polar surface area (TPSA) is 108 Å². The second-order valence-corrected chi connectivity index (χ2v) is 8.26. The number of amides is 1. The molecule has 1 aromatic heterocycles. The Morgan fingerprint density at radius 3 is 2.50 bits per heavy atom. The minimum atomic E-state index is -4.59. The van der Waals surface area contributed by atoms with Crippen molar-refractivity contribution in [3.8, 4) is 5.75 Å². The van der Waals surface area contributed by atoms with Gasteiger partial charge in [0.25, 0.3) is 0 Å². The number of aromatic nitrogens is 1. The van der Waals surface area contributed by atoms with Gasteiger partial charge in [0.1, 0.15) is 0 Å². The highest BCUT2D eigenvalue weighted by molar-refractivity contribution is 9.13. The minimum absolute atomic E-state index is 0.0562. The number of hydrogen-bond donors (Lipinski definition) is 3. The monoisotopic (exact) mass is 568 g/mol. The number of carbonyl (C=O) groups excluding carboxylic acids is 1. The Hall–Kier alpha value is -1.40. The molecular formula is C15H11Br3N2O5S. The summed E-state index contributed by atoms with van der Waals surface area (Å²) in [5.74, 6) is -0.386. The normalized spacial score (nSPS) is 12.0. The minimum Gasteiger partial charge on any atom is -0.361 e. The molecule has 0 saturated heterocycles. The summed E-state index contributed by atoms with van der Waals surface area (Å²) in [7, 11) is -4.59. The lowest BCUT2D eigenvalue weighted by Gasteiger charge is -2.04. The van der Waals surface area contributed by atoms with Crippen LogP contribution in [0.4, 0.5) is 0 Å². The van der Waals surface area contributed by atoms with Crippen LogP contribution >= 0.6 is 47.8 Å². The summed E-state index contributed by atoms with van der Waals surface area (Å²) >= 11 is 9.84. The van der Waals surface area contributed by atoms with Crippen LogP contribution in [0.25, 0.3) is 12.2 Å². The summed E-state index contributed by atoms with van der Waals surface area (Å²) in [6, 6.07) is 4.48. The average Bonchev–Trinajstić information content (AvgIpc) is 2.86. The number of benzene rings is 1. The summed E-state index contributed by atoms with van der Waals surface area (Å²) in [4.78, 5) is 14.8. The van der Waals surface area contributed by atoms with Gasteiger partial charge in [0.05, 0.1) is 14.6 Å². The molecule has 1 aromatic carbocycles. The number of hydrogen-bond acceptors (Lipinski definition) is 4. The molecule has 26 heavy (non-hydrogen) atoms. The molecule has 0 unspecified atom stereocenters. The largest absolute Gasteiger partial charge is 0.446 e. The standard InChI is InChI=1S/C15H11Br3N2O5S/c16-10-7-9(1-3-13(10)25-26(22,23)24)5-6-19-14(21)4-2-12-15(18)11(17)8-20-12/h1-8,20H,(H,19,21)(H,22,23,24)/b4-2-,6-5+. The maximum atomic E-state index is 11.8. The Morgan fingerprint density at radius 2 is 1.92 bits per heavy atom. The molecule has 2 rings (SSSR count). The van der Waals surface area contributed by atoms with E-state index < -0.39 is 10.4 Å². The van der Waals surface area contributed by atoms with E-state index in [1.165, 1.54) is 18.3 Å². The SMILES string of the molecule is O=C(/C=C\c1[nH]cc(Br)c1Br)N/C=C/c1ccc(OS(=O)(=O)O)c(Br)c1. The van der Waals surface area contributed by atoms with E-state index in [4.69, 9.17) is 4.55 Å². The molecule has 0 spiro atoms. The van der Waals surface area contributed by atoms with Crippen LogP contribution in [0, 0.1) is 0 Å².